The molecule has 2 N–H and O–H groups in total. The third-order valence-corrected chi connectivity index (χ3v) is 0.626. The van der Waals surface area contributed by atoms with Gasteiger partial charge in [-0.2, -0.15) is 0 Å². The maximum Gasteiger partial charge on any atom is 0.325 e. The Labute approximate surface area is 45.6 Å². The lowest BCUT2D eigenvalue weighted by Crippen LogP contribution is -2.19. The van der Waals surface area contributed by atoms with E-state index in [1.165, 1.54) is 0 Å². The van der Waals surface area contributed by atoms with E-state index in [1.54, 1.807) is 0 Å². The van der Waals surface area contributed by atoms with Crippen LogP contribution < -0.4 is 11.2 Å². The van der Waals surface area contributed by atoms with Crippen LogP contribution in [0.15, 0.2) is 21.8 Å². The van der Waals surface area contributed by atoms with Crippen molar-refractivity contribution in [3.63, 3.8) is 0 Å². The summed E-state index contributed by atoms with van der Waals surface area (Å²) in [6.45, 7) is 0. The van der Waals surface area contributed by atoms with Gasteiger partial charge in [0.25, 0.3) is 5.56 Å². The van der Waals surface area contributed by atoms with Crippen molar-refractivity contribution in [2.45, 2.75) is 0 Å². The predicted octanol–water partition coefficient (Wildman–Crippen LogP) is -0.937. The van der Waals surface area contributed by atoms with Gasteiger partial charge in [0.2, 0.25) is 0 Å². The lowest BCUT2D eigenvalue weighted by molar-refractivity contribution is 1.04. The lowest BCUT2D eigenvalue weighted by atomic mass is 10.7. The summed E-state index contributed by atoms with van der Waals surface area (Å²) in [5.74, 6) is 0. The molecular formula is C4H4N2O2. The third-order valence-electron chi connectivity index (χ3n) is 0.626. The summed E-state index contributed by atoms with van der Waals surface area (Å²) in [5.41, 5.74) is -1.20. The van der Waals surface area contributed by atoms with Gasteiger partial charge in [0, 0.05) is 12.2 Å². The van der Waals surface area contributed by atoms with E-state index in [0.717, 1.165) is 6.07 Å². The molecule has 4 heteroatoms. The van der Waals surface area contributed by atoms with E-state index >= 15 is 0 Å². The number of H-pyrrole nitrogens is 2. The van der Waals surface area contributed by atoms with Gasteiger partial charge < -0.3 is 4.98 Å². The van der Waals surface area contributed by atoms with Crippen LogP contribution in [-0.2, 0) is 0 Å². The Kier molecular flexibility index (Phi) is 0.754. The average Bonchev–Trinajstić information content (AvgIpc) is 1.59. The molecule has 0 unspecified atom stereocenters. The van der Waals surface area contributed by atoms with Crippen LogP contribution in [0.3, 0.4) is 0 Å². The molecule has 0 saturated carbocycles. The minimum atomic E-state index is -0.646. The highest BCUT2D eigenvalue weighted by Crippen LogP contribution is 1.51. The Balaban J connectivity index is 3.52. The number of aromatic amines is 2. The largest absolute Gasteiger partial charge is 0.325 e. The molecule has 42 valence electrons. The molecule has 1 heterocycles. The highest BCUT2D eigenvalue weighted by Gasteiger charge is 1.77. The Morgan fingerprint density at radius 1 is 1.62 bits per heavy atom. The van der Waals surface area contributed by atoms with Gasteiger partial charge in [-0.05, 0) is 0 Å². The summed E-state index contributed by atoms with van der Waals surface area (Å²) >= 11 is 0. The molecule has 0 saturated heterocycles. The third kappa shape index (κ3) is 0.841. The summed E-state index contributed by atoms with van der Waals surface area (Å²) in [6, 6.07) is 0.987. The fraction of sp³-hybridized carbons (Fsp3) is 0. The molecule has 0 aliphatic heterocycles. The number of nitrogens with one attached hydrogen (secondary N) is 2. The van der Waals surface area contributed by atoms with E-state index in [4.69, 9.17) is 1.37 Å². The fourth-order valence-electron chi connectivity index (χ4n) is 0.346. The molecule has 1 aromatic rings. The Morgan fingerprint density at radius 2 is 2.38 bits per heavy atom. The number of hydrogen-bond donors (Lipinski definition) is 2. The fourth-order valence-corrected chi connectivity index (χ4v) is 0.346. The van der Waals surface area contributed by atoms with Gasteiger partial charge in [-0.3, -0.25) is 9.78 Å². The van der Waals surface area contributed by atoms with E-state index < -0.39 is 11.2 Å². The molecule has 0 atom stereocenters. The monoisotopic (exact) mass is 113 g/mol. The molecule has 0 amide bonds. The number of rotatable bonds is 0. The standard InChI is InChI=1S/C4H4N2O2/c7-3-1-2-5-4(8)6-3/h1-2H,(H2,5,6,7,8)/i2D. The van der Waals surface area contributed by atoms with Crippen LogP contribution >= 0.6 is 0 Å². The lowest BCUT2D eigenvalue weighted by Gasteiger charge is -1.75. The van der Waals surface area contributed by atoms with Gasteiger partial charge >= 0.3 is 5.69 Å². The Hall–Kier alpha value is -1.32. The first-order chi connectivity index (χ1) is 4.18. The molecule has 0 bridgehead atoms. The van der Waals surface area contributed by atoms with Crippen molar-refractivity contribution in [1.29, 1.82) is 0 Å². The van der Waals surface area contributed by atoms with Crippen molar-refractivity contribution in [2.24, 2.45) is 0 Å². The maximum atomic E-state index is 10.3. The highest BCUT2D eigenvalue weighted by molar-refractivity contribution is 4.77. The first-order valence-corrected chi connectivity index (χ1v) is 1.99. The Bertz CT molecular complexity index is 285. The SMILES string of the molecule is [2H]c1cc(=O)[nH]c(=O)[nH]1. The van der Waals surface area contributed by atoms with Crippen molar-refractivity contribution in [3.05, 3.63) is 33.1 Å². The molecule has 0 aromatic carbocycles. The van der Waals surface area contributed by atoms with E-state index in [1.807, 2.05) is 4.98 Å². The minimum Gasteiger partial charge on any atom is -0.314 e. The zero-order valence-corrected chi connectivity index (χ0v) is 3.89. The summed E-state index contributed by atoms with van der Waals surface area (Å²) < 4.78 is 6.80. The van der Waals surface area contributed by atoms with Crippen molar-refractivity contribution in [2.75, 3.05) is 0 Å². The molecule has 4 nitrogen and oxygen atoms in total. The molecule has 0 spiro atoms. The quantitative estimate of drug-likeness (QED) is 0.456. The summed E-state index contributed by atoms with van der Waals surface area (Å²) in [7, 11) is 0. The number of hydrogen-bond acceptors (Lipinski definition) is 2. The van der Waals surface area contributed by atoms with Crippen LogP contribution in [0, 0.1) is 0 Å². The van der Waals surface area contributed by atoms with Crippen LogP contribution in [0.4, 0.5) is 0 Å². The first kappa shape index (κ1) is 3.65. The van der Waals surface area contributed by atoms with E-state index in [9.17, 15) is 9.59 Å². The van der Waals surface area contributed by atoms with Gasteiger partial charge in [0.05, 0.1) is 1.37 Å². The molecular weight excluding hydrogens is 108 g/mol. The predicted molar refractivity (Wildman–Crippen MR) is 27.7 cm³/mol. The minimum absolute atomic E-state index is 0.177. The van der Waals surface area contributed by atoms with Crippen LogP contribution in [0.1, 0.15) is 1.37 Å². The average molecular weight is 113 g/mol. The van der Waals surface area contributed by atoms with Gasteiger partial charge in [0.1, 0.15) is 0 Å². The summed E-state index contributed by atoms with van der Waals surface area (Å²) in [5, 5.41) is 0. The van der Waals surface area contributed by atoms with Gasteiger partial charge in [0.15, 0.2) is 0 Å². The second-order valence-electron chi connectivity index (χ2n) is 1.23. The molecule has 1 aromatic heterocycles. The molecule has 0 radical (unpaired) electrons. The van der Waals surface area contributed by atoms with Gasteiger partial charge in [-0.15, -0.1) is 0 Å². The van der Waals surface area contributed by atoms with E-state index in [2.05, 4.69) is 4.98 Å². The second kappa shape index (κ2) is 1.65. The van der Waals surface area contributed by atoms with Crippen LogP contribution in [-0.4, -0.2) is 9.97 Å². The van der Waals surface area contributed by atoms with Crippen molar-refractivity contribution >= 4 is 0 Å². The van der Waals surface area contributed by atoms with Crippen LogP contribution in [0.5, 0.6) is 0 Å². The molecule has 1 rings (SSSR count). The molecule has 0 aliphatic rings. The molecule has 0 aliphatic carbocycles. The normalized spacial score (nSPS) is 10.8. The number of aromatic nitrogens is 2. The second-order valence-corrected chi connectivity index (χ2v) is 1.23. The van der Waals surface area contributed by atoms with Crippen molar-refractivity contribution in [1.82, 2.24) is 9.97 Å². The zero-order valence-electron chi connectivity index (χ0n) is 4.89. The first-order valence-electron chi connectivity index (χ1n) is 2.49. The highest BCUT2D eigenvalue weighted by atomic mass is 16.2. The van der Waals surface area contributed by atoms with E-state index in [0.29, 0.717) is 0 Å². The summed E-state index contributed by atoms with van der Waals surface area (Å²) in [4.78, 5) is 24.6. The molecule has 0 fully saturated rings. The zero-order chi connectivity index (χ0) is 6.85. The maximum absolute atomic E-state index is 10.3. The van der Waals surface area contributed by atoms with Crippen molar-refractivity contribution in [3.8, 4) is 0 Å². The van der Waals surface area contributed by atoms with Gasteiger partial charge in [-0.1, -0.05) is 0 Å². The van der Waals surface area contributed by atoms with E-state index in [-0.39, 0.29) is 6.17 Å². The van der Waals surface area contributed by atoms with Crippen molar-refractivity contribution < 1.29 is 1.37 Å². The Morgan fingerprint density at radius 3 is 2.88 bits per heavy atom. The van der Waals surface area contributed by atoms with Gasteiger partial charge in [-0.25, -0.2) is 4.79 Å². The topological polar surface area (TPSA) is 65.7 Å². The smallest absolute Gasteiger partial charge is 0.314 e. The van der Waals surface area contributed by atoms with Crippen LogP contribution in [0.25, 0.3) is 0 Å². The molecule has 8 heavy (non-hydrogen) atoms. The van der Waals surface area contributed by atoms with Crippen LogP contribution in [0.2, 0.25) is 0 Å². The summed E-state index contributed by atoms with van der Waals surface area (Å²) in [6.07, 6.45) is -0.177.